The summed E-state index contributed by atoms with van der Waals surface area (Å²) in [6, 6.07) is 19.5. The van der Waals surface area contributed by atoms with Gasteiger partial charge in [0.25, 0.3) is 0 Å². The molecule has 4 heteroatoms. The molecule has 0 fully saturated rings. The summed E-state index contributed by atoms with van der Waals surface area (Å²) in [5, 5.41) is 0. The van der Waals surface area contributed by atoms with Gasteiger partial charge < -0.3 is 9.05 Å². The lowest BCUT2D eigenvalue weighted by Gasteiger charge is -2.17. The lowest BCUT2D eigenvalue weighted by molar-refractivity contribution is 0.258. The highest BCUT2D eigenvalue weighted by atomic mass is 31.2. The summed E-state index contributed by atoms with van der Waals surface area (Å²) < 4.78 is 17.9. The van der Waals surface area contributed by atoms with Gasteiger partial charge in [0.05, 0.1) is 6.61 Å². The minimum absolute atomic E-state index is 0.670. The number of benzene rings is 2. The fraction of sp³-hybridized carbons (Fsp3) is 0.556. The number of unbranched alkanes of at least 4 members (excludes halogenated alkanes) is 12. The normalized spacial score (nSPS) is 11.0. The second-order valence-corrected chi connectivity index (χ2v) is 9.18. The van der Waals surface area contributed by atoms with Crippen LogP contribution in [-0.4, -0.2) is 6.61 Å². The maximum atomic E-state index is 5.97. The molecule has 0 aliphatic carbocycles. The quantitative estimate of drug-likeness (QED) is 0.159. The Morgan fingerprint density at radius 3 is 1.32 bits per heavy atom. The Bertz CT molecular complexity index is 594. The van der Waals surface area contributed by atoms with Crippen LogP contribution in [0, 0.1) is 0 Å². The molecule has 0 bridgehead atoms. The molecule has 0 saturated heterocycles. The first-order valence-electron chi connectivity index (χ1n) is 12.3. The first kappa shape index (κ1) is 25.7. The predicted molar refractivity (Wildman–Crippen MR) is 133 cm³/mol. The molecule has 0 radical (unpaired) electrons. The van der Waals surface area contributed by atoms with E-state index in [2.05, 4.69) is 6.92 Å². The fourth-order valence-corrected chi connectivity index (χ4v) is 4.47. The van der Waals surface area contributed by atoms with Crippen molar-refractivity contribution in [3.05, 3.63) is 60.7 Å². The highest BCUT2D eigenvalue weighted by Crippen LogP contribution is 2.41. The fourth-order valence-electron chi connectivity index (χ4n) is 3.47. The summed E-state index contributed by atoms with van der Waals surface area (Å²) >= 11 is 0. The van der Waals surface area contributed by atoms with E-state index in [1.165, 1.54) is 77.0 Å². The Morgan fingerprint density at radius 2 is 0.903 bits per heavy atom. The number of rotatable bonds is 19. The van der Waals surface area contributed by atoms with Gasteiger partial charge in [0.1, 0.15) is 11.5 Å². The second-order valence-electron chi connectivity index (χ2n) is 8.11. The molecule has 0 unspecified atom stereocenters. The molecule has 31 heavy (non-hydrogen) atoms. The molecule has 2 aromatic rings. The zero-order valence-electron chi connectivity index (χ0n) is 19.3. The standard InChI is InChI=1S/C27H41O3P/c1-2-3-4-5-6-7-8-9-10-11-12-13-20-25-28-31(29-26-21-16-14-17-22-26)30-27-23-18-15-19-24-27/h14-19,21-24H,2-13,20,25H2,1H3. The number of para-hydroxylation sites is 2. The predicted octanol–water partition coefficient (Wildman–Crippen LogP) is 9.48. The average molecular weight is 445 g/mol. The first-order valence-corrected chi connectivity index (χ1v) is 13.4. The Kier molecular flexibility index (Phi) is 15.0. The van der Waals surface area contributed by atoms with E-state index in [-0.39, 0.29) is 0 Å². The van der Waals surface area contributed by atoms with Gasteiger partial charge in [0.2, 0.25) is 0 Å². The maximum absolute atomic E-state index is 5.97. The lowest BCUT2D eigenvalue weighted by atomic mass is 10.0. The van der Waals surface area contributed by atoms with Crippen LogP contribution in [0.2, 0.25) is 0 Å². The lowest BCUT2D eigenvalue weighted by Crippen LogP contribution is -2.01. The molecular formula is C27H41O3P. The second kappa shape index (κ2) is 18.0. The third kappa shape index (κ3) is 13.4. The van der Waals surface area contributed by atoms with Crippen molar-refractivity contribution < 1.29 is 13.6 Å². The van der Waals surface area contributed by atoms with Crippen LogP contribution in [0.15, 0.2) is 60.7 Å². The van der Waals surface area contributed by atoms with Gasteiger partial charge in [0.15, 0.2) is 0 Å². The van der Waals surface area contributed by atoms with Crippen molar-refractivity contribution in [2.45, 2.75) is 90.4 Å². The van der Waals surface area contributed by atoms with Gasteiger partial charge in [-0.15, -0.1) is 0 Å². The molecular weight excluding hydrogens is 403 g/mol. The Balaban J connectivity index is 1.52. The van der Waals surface area contributed by atoms with Gasteiger partial charge in [-0.2, -0.15) is 0 Å². The molecule has 0 aliphatic heterocycles. The van der Waals surface area contributed by atoms with Crippen molar-refractivity contribution in [3.8, 4) is 11.5 Å². The van der Waals surface area contributed by atoms with Crippen LogP contribution in [0.5, 0.6) is 11.5 Å². The molecule has 3 nitrogen and oxygen atoms in total. The summed E-state index contributed by atoms with van der Waals surface area (Å²) in [7, 11) is -1.45. The van der Waals surface area contributed by atoms with E-state index in [0.29, 0.717) is 6.61 Å². The van der Waals surface area contributed by atoms with E-state index in [1.807, 2.05) is 60.7 Å². The molecule has 2 aromatic carbocycles. The first-order chi connectivity index (χ1) is 15.4. The third-order valence-electron chi connectivity index (χ3n) is 5.29. The van der Waals surface area contributed by atoms with E-state index in [0.717, 1.165) is 17.9 Å². The minimum atomic E-state index is -1.45. The van der Waals surface area contributed by atoms with Crippen LogP contribution in [0.3, 0.4) is 0 Å². The van der Waals surface area contributed by atoms with Crippen molar-refractivity contribution in [1.82, 2.24) is 0 Å². The summed E-state index contributed by atoms with van der Waals surface area (Å²) in [6.07, 6.45) is 17.5. The van der Waals surface area contributed by atoms with Gasteiger partial charge in [-0.25, -0.2) is 0 Å². The maximum Gasteiger partial charge on any atom is 0.463 e. The van der Waals surface area contributed by atoms with Gasteiger partial charge in [-0.1, -0.05) is 120 Å². The molecule has 0 N–H and O–H groups in total. The summed E-state index contributed by atoms with van der Waals surface area (Å²) in [4.78, 5) is 0. The Morgan fingerprint density at radius 1 is 0.516 bits per heavy atom. The molecule has 0 saturated carbocycles. The molecule has 0 aliphatic rings. The van der Waals surface area contributed by atoms with Crippen molar-refractivity contribution in [3.63, 3.8) is 0 Å². The largest absolute Gasteiger partial charge is 0.463 e. The smallest absolute Gasteiger partial charge is 0.418 e. The van der Waals surface area contributed by atoms with Crippen LogP contribution >= 0.6 is 8.60 Å². The highest BCUT2D eigenvalue weighted by molar-refractivity contribution is 7.42. The van der Waals surface area contributed by atoms with Crippen LogP contribution in [0.25, 0.3) is 0 Å². The summed E-state index contributed by atoms with van der Waals surface area (Å²) in [6.45, 7) is 2.95. The van der Waals surface area contributed by atoms with Crippen LogP contribution in [0.1, 0.15) is 90.4 Å². The van der Waals surface area contributed by atoms with Gasteiger partial charge in [-0.3, -0.25) is 4.52 Å². The van der Waals surface area contributed by atoms with E-state index in [9.17, 15) is 0 Å². The van der Waals surface area contributed by atoms with Gasteiger partial charge in [-0.05, 0) is 30.7 Å². The van der Waals surface area contributed by atoms with Gasteiger partial charge in [0, 0.05) is 0 Å². The zero-order valence-corrected chi connectivity index (χ0v) is 20.2. The molecule has 0 aromatic heterocycles. The number of hydrogen-bond acceptors (Lipinski definition) is 3. The average Bonchev–Trinajstić information content (AvgIpc) is 2.80. The van der Waals surface area contributed by atoms with Gasteiger partial charge >= 0.3 is 8.60 Å². The van der Waals surface area contributed by atoms with Crippen LogP contribution in [0.4, 0.5) is 0 Å². The van der Waals surface area contributed by atoms with E-state index in [1.54, 1.807) is 0 Å². The topological polar surface area (TPSA) is 27.7 Å². The van der Waals surface area contributed by atoms with E-state index < -0.39 is 8.60 Å². The Labute approximate surface area is 191 Å². The molecule has 0 amide bonds. The third-order valence-corrected chi connectivity index (χ3v) is 6.40. The monoisotopic (exact) mass is 444 g/mol. The van der Waals surface area contributed by atoms with E-state index in [4.69, 9.17) is 13.6 Å². The van der Waals surface area contributed by atoms with Crippen molar-refractivity contribution in [2.75, 3.05) is 6.61 Å². The zero-order chi connectivity index (χ0) is 21.8. The van der Waals surface area contributed by atoms with Crippen molar-refractivity contribution in [2.24, 2.45) is 0 Å². The van der Waals surface area contributed by atoms with Crippen LogP contribution in [-0.2, 0) is 4.52 Å². The number of hydrogen-bond donors (Lipinski definition) is 0. The van der Waals surface area contributed by atoms with E-state index >= 15 is 0 Å². The molecule has 0 heterocycles. The summed E-state index contributed by atoms with van der Waals surface area (Å²) in [5.74, 6) is 1.55. The van der Waals surface area contributed by atoms with Crippen LogP contribution < -0.4 is 9.05 Å². The molecule has 0 spiro atoms. The minimum Gasteiger partial charge on any atom is -0.418 e. The Hall–Kier alpha value is -1.57. The molecule has 2 rings (SSSR count). The molecule has 0 atom stereocenters. The van der Waals surface area contributed by atoms with Crippen molar-refractivity contribution >= 4 is 8.60 Å². The van der Waals surface area contributed by atoms with Crippen molar-refractivity contribution in [1.29, 1.82) is 0 Å². The summed E-state index contributed by atoms with van der Waals surface area (Å²) in [5.41, 5.74) is 0. The highest BCUT2D eigenvalue weighted by Gasteiger charge is 2.16. The SMILES string of the molecule is CCCCCCCCCCCCCCCOP(Oc1ccccc1)Oc1ccccc1. The molecule has 172 valence electrons.